The van der Waals surface area contributed by atoms with Gasteiger partial charge in [-0.05, 0) is 48.4 Å². The van der Waals surface area contributed by atoms with Crippen LogP contribution in [0.5, 0.6) is 0 Å². The van der Waals surface area contributed by atoms with Crippen LogP contribution < -0.4 is 5.32 Å². The Balaban J connectivity index is 1.73. The van der Waals surface area contributed by atoms with Gasteiger partial charge in [0.15, 0.2) is 0 Å². The Labute approximate surface area is 157 Å². The molecule has 0 bridgehead atoms. The van der Waals surface area contributed by atoms with Crippen molar-refractivity contribution in [1.82, 2.24) is 15.1 Å². The minimum atomic E-state index is -0.311. The second kappa shape index (κ2) is 8.14. The number of ether oxygens (including phenoxy) is 1. The van der Waals surface area contributed by atoms with Crippen molar-refractivity contribution in [2.24, 2.45) is 7.05 Å². The van der Waals surface area contributed by atoms with E-state index in [1.54, 1.807) is 32.4 Å². The van der Waals surface area contributed by atoms with Crippen LogP contribution in [0.3, 0.4) is 0 Å². The molecule has 2 aromatic carbocycles. The van der Waals surface area contributed by atoms with Gasteiger partial charge in [-0.1, -0.05) is 24.3 Å². The Bertz CT molecular complexity index is 935. The molecule has 1 heterocycles. The molecule has 0 radical (unpaired) electrons. The maximum atomic E-state index is 13.1. The van der Waals surface area contributed by atoms with Crippen LogP contribution >= 0.6 is 0 Å². The first kappa shape index (κ1) is 18.8. The van der Waals surface area contributed by atoms with Crippen LogP contribution in [0.25, 0.3) is 11.3 Å². The van der Waals surface area contributed by atoms with Gasteiger partial charge in [0.2, 0.25) is 0 Å². The van der Waals surface area contributed by atoms with E-state index in [0.29, 0.717) is 17.9 Å². The number of carbonyl (C=O) groups is 1. The van der Waals surface area contributed by atoms with E-state index >= 15 is 0 Å². The molecule has 140 valence electrons. The first-order valence-corrected chi connectivity index (χ1v) is 8.66. The highest BCUT2D eigenvalue weighted by molar-refractivity contribution is 5.93. The lowest BCUT2D eigenvalue weighted by Crippen LogP contribution is -2.30. The van der Waals surface area contributed by atoms with Gasteiger partial charge in [-0.25, -0.2) is 4.39 Å². The molecule has 0 aliphatic rings. The van der Waals surface area contributed by atoms with Crippen LogP contribution in [0.2, 0.25) is 0 Å². The summed E-state index contributed by atoms with van der Waals surface area (Å²) in [5.41, 5.74) is 3.94. The smallest absolute Gasteiger partial charge is 0.269 e. The van der Waals surface area contributed by atoms with Crippen LogP contribution in [0, 0.1) is 12.7 Å². The van der Waals surface area contributed by atoms with E-state index in [4.69, 9.17) is 4.74 Å². The third-order valence-corrected chi connectivity index (χ3v) is 4.52. The minimum Gasteiger partial charge on any atom is -0.375 e. The molecule has 0 saturated carbocycles. The van der Waals surface area contributed by atoms with Gasteiger partial charge in [-0.15, -0.1) is 0 Å². The number of amides is 1. The van der Waals surface area contributed by atoms with Crippen LogP contribution in [-0.4, -0.2) is 29.3 Å². The molecule has 0 aliphatic carbocycles. The topological polar surface area (TPSA) is 56.1 Å². The number of aryl methyl sites for hydroxylation is 2. The molecule has 6 heteroatoms. The molecule has 1 aromatic heterocycles. The van der Waals surface area contributed by atoms with Crippen molar-refractivity contribution in [3.63, 3.8) is 0 Å². The van der Waals surface area contributed by atoms with Crippen LogP contribution in [0.1, 0.15) is 27.7 Å². The summed E-state index contributed by atoms with van der Waals surface area (Å²) in [6.45, 7) is 2.36. The maximum Gasteiger partial charge on any atom is 0.269 e. The van der Waals surface area contributed by atoms with Gasteiger partial charge in [0.25, 0.3) is 5.91 Å². The summed E-state index contributed by atoms with van der Waals surface area (Å²) in [5, 5.41) is 7.26. The number of hydrogen-bond donors (Lipinski definition) is 1. The van der Waals surface area contributed by atoms with Crippen molar-refractivity contribution < 1.29 is 13.9 Å². The average Bonchev–Trinajstić information content (AvgIpc) is 3.05. The molecule has 0 aliphatic heterocycles. The van der Waals surface area contributed by atoms with Gasteiger partial charge in [-0.3, -0.25) is 9.48 Å². The summed E-state index contributed by atoms with van der Waals surface area (Å²) in [4.78, 5) is 12.6. The molecule has 5 nitrogen and oxygen atoms in total. The summed E-state index contributed by atoms with van der Waals surface area (Å²) in [7, 11) is 3.33. The molecule has 1 atom stereocenters. The van der Waals surface area contributed by atoms with E-state index < -0.39 is 0 Å². The Kier molecular flexibility index (Phi) is 5.66. The lowest BCUT2D eigenvalue weighted by atomic mass is 10.0. The van der Waals surface area contributed by atoms with Crippen molar-refractivity contribution in [2.75, 3.05) is 13.7 Å². The lowest BCUT2D eigenvalue weighted by molar-refractivity contribution is 0.0819. The van der Waals surface area contributed by atoms with Gasteiger partial charge >= 0.3 is 0 Å². The van der Waals surface area contributed by atoms with Crippen molar-refractivity contribution in [2.45, 2.75) is 13.0 Å². The monoisotopic (exact) mass is 367 g/mol. The van der Waals surface area contributed by atoms with Gasteiger partial charge in [0, 0.05) is 26.3 Å². The number of halogens is 1. The van der Waals surface area contributed by atoms with E-state index in [-0.39, 0.29) is 17.8 Å². The first-order chi connectivity index (χ1) is 13.0. The van der Waals surface area contributed by atoms with E-state index in [1.807, 2.05) is 31.2 Å². The number of methoxy groups -OCH3 is 1. The molecule has 1 unspecified atom stereocenters. The predicted octanol–water partition coefficient (Wildman–Crippen LogP) is 3.65. The number of benzene rings is 2. The zero-order valence-corrected chi connectivity index (χ0v) is 15.6. The van der Waals surface area contributed by atoms with Gasteiger partial charge < -0.3 is 10.1 Å². The Morgan fingerprint density at radius 3 is 2.59 bits per heavy atom. The number of rotatable bonds is 6. The molecule has 27 heavy (non-hydrogen) atoms. The Morgan fingerprint density at radius 1 is 1.22 bits per heavy atom. The molecule has 0 fully saturated rings. The number of nitrogens with one attached hydrogen (secondary N) is 1. The molecule has 0 saturated heterocycles. The molecule has 1 amide bonds. The van der Waals surface area contributed by atoms with Gasteiger partial charge in [-0.2, -0.15) is 5.10 Å². The quantitative estimate of drug-likeness (QED) is 0.723. The van der Waals surface area contributed by atoms with Crippen molar-refractivity contribution in [3.05, 3.63) is 77.2 Å². The van der Waals surface area contributed by atoms with E-state index in [0.717, 1.165) is 16.7 Å². The summed E-state index contributed by atoms with van der Waals surface area (Å²) in [5.74, 6) is -0.552. The minimum absolute atomic E-state index is 0.236. The van der Waals surface area contributed by atoms with Crippen molar-refractivity contribution in [1.29, 1.82) is 0 Å². The van der Waals surface area contributed by atoms with Crippen molar-refractivity contribution in [3.8, 4) is 11.3 Å². The molecular weight excluding hydrogens is 345 g/mol. The third-order valence-electron chi connectivity index (χ3n) is 4.52. The zero-order valence-electron chi connectivity index (χ0n) is 15.6. The normalized spacial score (nSPS) is 12.0. The fourth-order valence-corrected chi connectivity index (χ4v) is 2.99. The van der Waals surface area contributed by atoms with E-state index in [9.17, 15) is 9.18 Å². The second-order valence-corrected chi connectivity index (χ2v) is 6.34. The zero-order chi connectivity index (χ0) is 19.4. The van der Waals surface area contributed by atoms with Crippen LogP contribution in [-0.2, 0) is 11.8 Å². The van der Waals surface area contributed by atoms with E-state index in [2.05, 4.69) is 10.4 Å². The number of aromatic nitrogens is 2. The molecule has 1 N–H and O–H groups in total. The third kappa shape index (κ3) is 4.23. The SMILES string of the molecule is COC(CNC(=O)c1cc(-c2ccc(F)cc2)nn1C)c1ccccc1C. The first-order valence-electron chi connectivity index (χ1n) is 8.66. The highest BCUT2D eigenvalue weighted by atomic mass is 19.1. The number of carbonyl (C=O) groups excluding carboxylic acids is 1. The van der Waals surface area contributed by atoms with Crippen molar-refractivity contribution >= 4 is 5.91 Å². The highest BCUT2D eigenvalue weighted by Gasteiger charge is 2.18. The summed E-state index contributed by atoms with van der Waals surface area (Å²) in [6.07, 6.45) is -0.236. The molecular formula is C21H22FN3O2. The number of nitrogens with zero attached hydrogens (tertiary/aromatic N) is 2. The summed E-state index contributed by atoms with van der Waals surface area (Å²) in [6, 6.07) is 15.6. The molecule has 3 aromatic rings. The standard InChI is InChI=1S/C21H22FN3O2/c1-14-6-4-5-7-17(14)20(27-3)13-23-21(26)19-12-18(24-25(19)2)15-8-10-16(22)11-9-15/h4-12,20H,13H2,1-3H3,(H,23,26). The predicted molar refractivity (Wildman–Crippen MR) is 102 cm³/mol. The lowest BCUT2D eigenvalue weighted by Gasteiger charge is -2.18. The maximum absolute atomic E-state index is 13.1. The van der Waals surface area contributed by atoms with Gasteiger partial charge in [0.05, 0.1) is 11.8 Å². The fourth-order valence-electron chi connectivity index (χ4n) is 2.99. The van der Waals surface area contributed by atoms with E-state index in [1.165, 1.54) is 16.8 Å². The summed E-state index contributed by atoms with van der Waals surface area (Å²) >= 11 is 0. The largest absolute Gasteiger partial charge is 0.375 e. The van der Waals surface area contributed by atoms with Crippen LogP contribution in [0.15, 0.2) is 54.6 Å². The Hall–Kier alpha value is -2.99. The molecule has 3 rings (SSSR count). The molecule has 0 spiro atoms. The Morgan fingerprint density at radius 2 is 1.93 bits per heavy atom. The second-order valence-electron chi connectivity index (χ2n) is 6.34. The van der Waals surface area contributed by atoms with Gasteiger partial charge in [0.1, 0.15) is 11.5 Å². The van der Waals surface area contributed by atoms with Crippen LogP contribution in [0.4, 0.5) is 4.39 Å². The summed E-state index contributed by atoms with van der Waals surface area (Å²) < 4.78 is 20.2. The number of hydrogen-bond acceptors (Lipinski definition) is 3. The average molecular weight is 367 g/mol. The highest BCUT2D eigenvalue weighted by Crippen LogP contribution is 2.21. The fraction of sp³-hybridized carbons (Fsp3) is 0.238.